The third-order valence-electron chi connectivity index (χ3n) is 11.0. The first kappa shape index (κ1) is 30.4. The number of rotatable bonds is 8. The van der Waals surface area contributed by atoms with E-state index in [2.05, 4.69) is 99.2 Å². The first-order chi connectivity index (χ1) is 21.3. The molecule has 3 aromatic rings. The van der Waals surface area contributed by atoms with Crippen molar-refractivity contribution in [3.8, 4) is 0 Å². The number of aromatic amines is 3. The molecule has 234 valence electrons. The van der Waals surface area contributed by atoms with Crippen LogP contribution in [0.4, 0.5) is 0 Å². The molecule has 3 aliphatic rings. The van der Waals surface area contributed by atoms with Gasteiger partial charge in [0.05, 0.1) is 11.3 Å². The molecule has 0 saturated carbocycles. The Hall–Kier alpha value is -3.67. The minimum absolute atomic E-state index is 0.0166. The summed E-state index contributed by atoms with van der Waals surface area (Å²) in [6.07, 6.45) is 14.6. The molecule has 0 spiro atoms. The monoisotopic (exact) mass is 593 g/mol. The maximum Gasteiger partial charge on any atom is 0.255 e. The van der Waals surface area contributed by atoms with Crippen molar-refractivity contribution in [3.05, 3.63) is 78.2 Å². The summed E-state index contributed by atoms with van der Waals surface area (Å²) in [5, 5.41) is 9.64. The van der Waals surface area contributed by atoms with Crippen molar-refractivity contribution in [1.29, 1.82) is 0 Å². The van der Waals surface area contributed by atoms with Gasteiger partial charge in [0, 0.05) is 57.1 Å². The summed E-state index contributed by atoms with van der Waals surface area (Å²) in [6, 6.07) is 0. The minimum atomic E-state index is -0.176. The van der Waals surface area contributed by atoms with Crippen LogP contribution in [0.2, 0.25) is 0 Å². The molecule has 5 N–H and O–H groups in total. The van der Waals surface area contributed by atoms with Crippen LogP contribution in [0.1, 0.15) is 124 Å². The number of aromatic nitrogens is 3. The van der Waals surface area contributed by atoms with Gasteiger partial charge in [0.1, 0.15) is 0 Å². The van der Waals surface area contributed by atoms with Gasteiger partial charge in [0.2, 0.25) is 0 Å². The van der Waals surface area contributed by atoms with E-state index in [1.165, 1.54) is 55.8 Å². The first-order valence-electron chi connectivity index (χ1n) is 17.3. The van der Waals surface area contributed by atoms with Gasteiger partial charge in [-0.25, -0.2) is 0 Å². The lowest BCUT2D eigenvalue weighted by molar-refractivity contribution is -0.116. The molecule has 8 bridgehead atoms. The molecular weight excluding hydrogens is 542 g/mol. The lowest BCUT2D eigenvalue weighted by Crippen LogP contribution is -2.47. The molecule has 6 heteroatoms. The van der Waals surface area contributed by atoms with Crippen molar-refractivity contribution in [3.63, 3.8) is 0 Å². The second-order valence-corrected chi connectivity index (χ2v) is 12.7. The molecule has 1 amide bonds. The number of H-pyrrole nitrogens is 3. The summed E-state index contributed by atoms with van der Waals surface area (Å²) in [4.78, 5) is 25.5. The summed E-state index contributed by atoms with van der Waals surface area (Å²) < 4.78 is 0. The lowest BCUT2D eigenvalue weighted by atomic mass is 9.68. The van der Waals surface area contributed by atoms with Gasteiger partial charge in [-0.05, 0) is 103 Å². The molecular formula is C38H51N5O. The fourth-order valence-corrected chi connectivity index (χ4v) is 8.85. The fourth-order valence-electron chi connectivity index (χ4n) is 8.85. The van der Waals surface area contributed by atoms with Crippen LogP contribution in [-0.2, 0) is 43.3 Å². The Balaban J connectivity index is 1.80. The minimum Gasteiger partial charge on any atom is -0.361 e. The molecule has 1 fully saturated rings. The van der Waals surface area contributed by atoms with Gasteiger partial charge in [0.15, 0.2) is 0 Å². The molecule has 6 rings (SSSR count). The van der Waals surface area contributed by atoms with E-state index in [-0.39, 0.29) is 17.2 Å². The van der Waals surface area contributed by atoms with Crippen molar-refractivity contribution in [1.82, 2.24) is 25.6 Å². The van der Waals surface area contributed by atoms with Crippen molar-refractivity contribution in [2.45, 2.75) is 107 Å². The number of allylic oxidation sites excluding steroid dienone is 1. The normalized spacial score (nSPS) is 20.7. The zero-order valence-corrected chi connectivity index (χ0v) is 28.1. The van der Waals surface area contributed by atoms with Crippen LogP contribution in [0.25, 0.3) is 23.8 Å². The van der Waals surface area contributed by atoms with Gasteiger partial charge in [-0.15, -0.1) is 0 Å². The maximum absolute atomic E-state index is 14.0. The van der Waals surface area contributed by atoms with E-state index in [9.17, 15) is 4.79 Å². The Bertz CT molecular complexity index is 1810. The third-order valence-corrected chi connectivity index (χ3v) is 11.0. The van der Waals surface area contributed by atoms with E-state index < -0.39 is 0 Å². The van der Waals surface area contributed by atoms with Gasteiger partial charge in [-0.3, -0.25) is 4.79 Å². The molecule has 6 heterocycles. The number of nitrogens with one attached hydrogen (secondary N) is 5. The molecule has 0 aliphatic carbocycles. The third kappa shape index (κ3) is 4.31. The number of amides is 1. The smallest absolute Gasteiger partial charge is 0.255 e. The van der Waals surface area contributed by atoms with Gasteiger partial charge in [0.25, 0.3) is 5.91 Å². The Morgan fingerprint density at radius 3 is 1.70 bits per heavy atom. The van der Waals surface area contributed by atoms with Crippen molar-refractivity contribution in [2.75, 3.05) is 6.54 Å². The Morgan fingerprint density at radius 2 is 1.18 bits per heavy atom. The molecule has 1 saturated heterocycles. The van der Waals surface area contributed by atoms with Gasteiger partial charge < -0.3 is 25.6 Å². The number of carbonyl (C=O) groups excluding carboxylic acids is 1. The first-order valence-corrected chi connectivity index (χ1v) is 17.3. The molecule has 3 aromatic heterocycles. The fraction of sp³-hybridized carbons (Fsp3) is 0.500. The number of hydrogen-bond acceptors (Lipinski definition) is 2. The van der Waals surface area contributed by atoms with E-state index in [0.29, 0.717) is 6.54 Å². The summed E-state index contributed by atoms with van der Waals surface area (Å²) in [6.45, 7) is 18.7. The van der Waals surface area contributed by atoms with E-state index in [1.807, 2.05) is 0 Å². The van der Waals surface area contributed by atoms with E-state index >= 15 is 0 Å². The van der Waals surface area contributed by atoms with E-state index in [0.717, 1.165) is 79.4 Å². The molecule has 6 nitrogen and oxygen atoms in total. The van der Waals surface area contributed by atoms with Crippen LogP contribution >= 0.6 is 0 Å². The topological polar surface area (TPSA) is 88.5 Å². The molecule has 2 unspecified atom stereocenters. The average molecular weight is 594 g/mol. The molecule has 0 aromatic carbocycles. The van der Waals surface area contributed by atoms with Crippen LogP contribution in [0.15, 0.2) is 11.4 Å². The molecule has 3 aliphatic heterocycles. The average Bonchev–Trinajstić information content (AvgIpc) is 3.74. The highest BCUT2D eigenvalue weighted by atomic mass is 16.1. The van der Waals surface area contributed by atoms with E-state index in [4.69, 9.17) is 0 Å². The van der Waals surface area contributed by atoms with E-state index in [1.54, 1.807) is 0 Å². The zero-order chi connectivity index (χ0) is 31.3. The van der Waals surface area contributed by atoms with Crippen LogP contribution in [0.3, 0.4) is 0 Å². The predicted molar refractivity (Wildman–Crippen MR) is 183 cm³/mol. The van der Waals surface area contributed by atoms with Gasteiger partial charge in [-0.1, -0.05) is 55.4 Å². The largest absolute Gasteiger partial charge is 0.361 e. The Kier molecular flexibility index (Phi) is 8.06. The predicted octanol–water partition coefficient (Wildman–Crippen LogP) is 5.92. The van der Waals surface area contributed by atoms with Crippen molar-refractivity contribution < 1.29 is 4.79 Å². The summed E-state index contributed by atoms with van der Waals surface area (Å²) in [7, 11) is 0. The second-order valence-electron chi connectivity index (χ2n) is 12.7. The summed E-state index contributed by atoms with van der Waals surface area (Å²) >= 11 is 0. The standard InChI is InChI=1S/C38H51N5O/c1-9-21-22(10-2)30-18-32-25(13-5)26(14-6)35(42-32)34-36-38(16-8,20-39-37(34)44)27(15-7)33(43-36)19-31-24(12-4)23(11-3)29(41-31)17-28(21)40-30/h17-19,27,40-43H,9-16,20H2,1-8H3,(H,39,44). The van der Waals surface area contributed by atoms with Crippen LogP contribution in [-0.4, -0.2) is 27.4 Å². The summed E-state index contributed by atoms with van der Waals surface area (Å²) in [5.41, 5.74) is 15.5. The zero-order valence-electron chi connectivity index (χ0n) is 28.1. The molecule has 44 heavy (non-hydrogen) atoms. The van der Waals surface area contributed by atoms with Crippen LogP contribution < -0.4 is 21.3 Å². The quantitative estimate of drug-likeness (QED) is 0.224. The maximum atomic E-state index is 14.0. The number of fused-ring (bicyclic) bond motifs is 8. The number of carbonyl (C=O) groups is 1. The van der Waals surface area contributed by atoms with Crippen molar-refractivity contribution in [2.24, 2.45) is 11.3 Å². The Labute approximate surface area is 262 Å². The SMILES string of the molecule is CCc1c2[nH]c(c1CC)C=c1[nH]c(c(CC)c1CC)=Cc1[nH]c(c(CC)c1CC)C1=C3NC(=C2)C(CC)C3(CC)CNC1=O. The highest BCUT2D eigenvalue weighted by molar-refractivity contribution is 6.21. The highest BCUT2D eigenvalue weighted by Gasteiger charge is 2.52. The van der Waals surface area contributed by atoms with Crippen LogP contribution in [0.5, 0.6) is 0 Å². The molecule has 0 radical (unpaired) electrons. The van der Waals surface area contributed by atoms with Gasteiger partial charge >= 0.3 is 0 Å². The Morgan fingerprint density at radius 1 is 0.659 bits per heavy atom. The lowest BCUT2D eigenvalue weighted by Gasteiger charge is -2.38. The summed E-state index contributed by atoms with van der Waals surface area (Å²) in [5.74, 6) is 0.295. The number of hydrogen-bond donors (Lipinski definition) is 5. The van der Waals surface area contributed by atoms with Gasteiger partial charge in [-0.2, -0.15) is 0 Å². The van der Waals surface area contributed by atoms with Crippen molar-refractivity contribution >= 4 is 29.7 Å². The molecule has 2 atom stereocenters. The highest BCUT2D eigenvalue weighted by Crippen LogP contribution is 2.53. The second kappa shape index (κ2) is 11.7. The van der Waals surface area contributed by atoms with Crippen LogP contribution in [0, 0.1) is 11.3 Å².